The summed E-state index contributed by atoms with van der Waals surface area (Å²) in [5.41, 5.74) is 1.75. The second-order valence-corrected chi connectivity index (χ2v) is 6.86. The first-order valence-corrected chi connectivity index (χ1v) is 8.82. The minimum absolute atomic E-state index is 0.00607. The molecule has 0 amide bonds. The van der Waals surface area contributed by atoms with Gasteiger partial charge in [0, 0.05) is 24.6 Å². The lowest BCUT2D eigenvalue weighted by Gasteiger charge is -2.32. The summed E-state index contributed by atoms with van der Waals surface area (Å²) < 4.78 is 5.22. The zero-order chi connectivity index (χ0) is 17.8. The number of benzene rings is 2. The molecule has 0 aromatic heterocycles. The van der Waals surface area contributed by atoms with E-state index in [1.54, 1.807) is 25.3 Å². The highest BCUT2D eigenvalue weighted by Gasteiger charge is 2.26. The molecule has 25 heavy (non-hydrogen) atoms. The molecule has 3 rings (SSSR count). The van der Waals surface area contributed by atoms with Gasteiger partial charge in [-0.3, -0.25) is 9.69 Å². The van der Waals surface area contributed by atoms with Crippen molar-refractivity contribution in [3.63, 3.8) is 0 Å². The van der Waals surface area contributed by atoms with Crippen molar-refractivity contribution in [3.8, 4) is 11.5 Å². The Morgan fingerprint density at radius 2 is 2.16 bits per heavy atom. The molecule has 0 radical (unpaired) electrons. The molecule has 5 heteroatoms. The van der Waals surface area contributed by atoms with Gasteiger partial charge in [-0.15, -0.1) is 0 Å². The van der Waals surface area contributed by atoms with Gasteiger partial charge in [-0.1, -0.05) is 29.8 Å². The number of nitrogens with zero attached hydrogens (tertiary/aromatic N) is 1. The molecule has 0 bridgehead atoms. The molecule has 0 unspecified atom stereocenters. The van der Waals surface area contributed by atoms with Crippen molar-refractivity contribution in [1.29, 1.82) is 0 Å². The predicted molar refractivity (Wildman–Crippen MR) is 98.4 cm³/mol. The first-order chi connectivity index (χ1) is 12.1. The lowest BCUT2D eigenvalue weighted by molar-refractivity contribution is 0.0811. The average Bonchev–Trinajstić information content (AvgIpc) is 2.64. The quantitative estimate of drug-likeness (QED) is 0.815. The standard InChI is InChI=1S/C20H22ClNO3/c1-25-17-6-2-4-15(11-17)20(24)16-5-3-9-22(13-16)12-14-7-8-19(23)18(21)10-14/h2,4,6-8,10-11,16,23H,3,5,9,12-13H2,1H3/t16-/m1/s1. The van der Waals surface area contributed by atoms with Crippen molar-refractivity contribution in [2.75, 3.05) is 20.2 Å². The summed E-state index contributed by atoms with van der Waals surface area (Å²) in [6.45, 7) is 2.41. The average molecular weight is 360 g/mol. The van der Waals surface area contributed by atoms with Crippen molar-refractivity contribution >= 4 is 17.4 Å². The molecule has 1 atom stereocenters. The van der Waals surface area contributed by atoms with Crippen molar-refractivity contribution in [1.82, 2.24) is 4.90 Å². The van der Waals surface area contributed by atoms with Crippen LogP contribution < -0.4 is 4.74 Å². The summed E-state index contributed by atoms with van der Waals surface area (Å²) in [6.07, 6.45) is 1.90. The molecule has 2 aromatic rings. The number of hydrogen-bond acceptors (Lipinski definition) is 4. The van der Waals surface area contributed by atoms with Crippen LogP contribution in [-0.2, 0) is 6.54 Å². The first-order valence-electron chi connectivity index (χ1n) is 8.45. The second kappa shape index (κ2) is 7.89. The number of piperidine rings is 1. The van der Waals surface area contributed by atoms with Crippen LogP contribution in [0.15, 0.2) is 42.5 Å². The number of ether oxygens (including phenoxy) is 1. The van der Waals surface area contributed by atoms with Gasteiger partial charge < -0.3 is 9.84 Å². The van der Waals surface area contributed by atoms with Gasteiger partial charge in [-0.05, 0) is 49.2 Å². The molecule has 1 aliphatic heterocycles. The van der Waals surface area contributed by atoms with Crippen molar-refractivity contribution in [2.45, 2.75) is 19.4 Å². The fourth-order valence-corrected chi connectivity index (χ4v) is 3.54. The highest BCUT2D eigenvalue weighted by atomic mass is 35.5. The molecule has 1 N–H and O–H groups in total. The van der Waals surface area contributed by atoms with E-state index in [1.807, 2.05) is 24.3 Å². The Bertz CT molecular complexity index is 762. The van der Waals surface area contributed by atoms with Crippen LogP contribution in [0.1, 0.15) is 28.8 Å². The number of hydrogen-bond donors (Lipinski definition) is 1. The summed E-state index contributed by atoms with van der Waals surface area (Å²) in [5, 5.41) is 9.89. The Hall–Kier alpha value is -2.04. The predicted octanol–water partition coefficient (Wildman–Crippen LogP) is 4.15. The lowest BCUT2D eigenvalue weighted by atomic mass is 9.89. The monoisotopic (exact) mass is 359 g/mol. The third kappa shape index (κ3) is 4.33. The number of methoxy groups -OCH3 is 1. The molecule has 0 saturated carbocycles. The van der Waals surface area contributed by atoms with E-state index < -0.39 is 0 Å². The van der Waals surface area contributed by atoms with E-state index >= 15 is 0 Å². The maximum Gasteiger partial charge on any atom is 0.167 e. The van der Waals surface area contributed by atoms with Crippen LogP contribution in [0.3, 0.4) is 0 Å². The van der Waals surface area contributed by atoms with E-state index in [1.165, 1.54) is 0 Å². The summed E-state index contributed by atoms with van der Waals surface area (Å²) in [6, 6.07) is 12.6. The summed E-state index contributed by atoms with van der Waals surface area (Å²) in [7, 11) is 1.61. The number of aromatic hydroxyl groups is 1. The van der Waals surface area contributed by atoms with E-state index in [9.17, 15) is 9.90 Å². The normalized spacial score (nSPS) is 18.1. The van der Waals surface area contributed by atoms with Gasteiger partial charge in [0.2, 0.25) is 0 Å². The number of ketones is 1. The Morgan fingerprint density at radius 1 is 1.32 bits per heavy atom. The van der Waals surface area contributed by atoms with Gasteiger partial charge in [0.25, 0.3) is 0 Å². The summed E-state index contributed by atoms with van der Waals surface area (Å²) >= 11 is 5.98. The van der Waals surface area contributed by atoms with E-state index in [0.717, 1.165) is 38.0 Å². The first kappa shape index (κ1) is 17.8. The van der Waals surface area contributed by atoms with Crippen LogP contribution in [0.2, 0.25) is 5.02 Å². The van der Waals surface area contributed by atoms with Gasteiger partial charge in [-0.2, -0.15) is 0 Å². The lowest BCUT2D eigenvalue weighted by Crippen LogP contribution is -2.38. The number of carbonyl (C=O) groups is 1. The molecule has 132 valence electrons. The Morgan fingerprint density at radius 3 is 2.92 bits per heavy atom. The third-order valence-electron chi connectivity index (χ3n) is 4.65. The molecule has 1 heterocycles. The van der Waals surface area contributed by atoms with Gasteiger partial charge in [0.1, 0.15) is 11.5 Å². The number of likely N-dealkylation sites (tertiary alicyclic amines) is 1. The van der Waals surface area contributed by atoms with Crippen LogP contribution >= 0.6 is 11.6 Å². The Balaban J connectivity index is 1.67. The van der Waals surface area contributed by atoms with E-state index in [-0.39, 0.29) is 17.5 Å². The number of Topliss-reactive ketones (excluding diaryl/α,β-unsaturated/α-hetero) is 1. The smallest absolute Gasteiger partial charge is 0.167 e. The molecule has 1 fully saturated rings. The SMILES string of the molecule is COc1cccc(C(=O)[C@@H]2CCCN(Cc3ccc(O)c(Cl)c3)C2)c1. The topological polar surface area (TPSA) is 49.8 Å². The minimum atomic E-state index is -0.00607. The van der Waals surface area contributed by atoms with Crippen molar-refractivity contribution in [3.05, 3.63) is 58.6 Å². The largest absolute Gasteiger partial charge is 0.506 e. The number of phenols is 1. The third-order valence-corrected chi connectivity index (χ3v) is 4.95. The molecule has 1 saturated heterocycles. The number of carbonyl (C=O) groups excluding carboxylic acids is 1. The molecule has 0 aliphatic carbocycles. The summed E-state index contributed by atoms with van der Waals surface area (Å²) in [5.74, 6) is 0.966. The highest BCUT2D eigenvalue weighted by molar-refractivity contribution is 6.32. The van der Waals surface area contributed by atoms with E-state index in [0.29, 0.717) is 16.3 Å². The van der Waals surface area contributed by atoms with Gasteiger partial charge >= 0.3 is 0 Å². The van der Waals surface area contributed by atoms with Crippen molar-refractivity contribution < 1.29 is 14.6 Å². The minimum Gasteiger partial charge on any atom is -0.506 e. The maximum atomic E-state index is 12.8. The number of phenolic OH excluding ortho intramolecular Hbond substituents is 1. The maximum absolute atomic E-state index is 12.8. The van der Waals surface area contributed by atoms with E-state index in [2.05, 4.69) is 4.90 Å². The van der Waals surface area contributed by atoms with Crippen LogP contribution in [0, 0.1) is 5.92 Å². The second-order valence-electron chi connectivity index (χ2n) is 6.46. The van der Waals surface area contributed by atoms with Crippen LogP contribution in [0.25, 0.3) is 0 Å². The Kier molecular flexibility index (Phi) is 5.61. The molecule has 4 nitrogen and oxygen atoms in total. The number of rotatable bonds is 5. The zero-order valence-corrected chi connectivity index (χ0v) is 15.0. The van der Waals surface area contributed by atoms with E-state index in [4.69, 9.17) is 16.3 Å². The van der Waals surface area contributed by atoms with Gasteiger partial charge in [0.05, 0.1) is 12.1 Å². The number of halogens is 1. The van der Waals surface area contributed by atoms with Gasteiger partial charge in [0.15, 0.2) is 5.78 Å². The molecular weight excluding hydrogens is 338 g/mol. The molecule has 2 aromatic carbocycles. The fraction of sp³-hybridized carbons (Fsp3) is 0.350. The molecule has 1 aliphatic rings. The molecule has 0 spiro atoms. The van der Waals surface area contributed by atoms with Crippen molar-refractivity contribution in [2.24, 2.45) is 5.92 Å². The molecular formula is C20H22ClNO3. The van der Waals surface area contributed by atoms with Crippen LogP contribution in [-0.4, -0.2) is 36.0 Å². The zero-order valence-electron chi connectivity index (χ0n) is 14.2. The summed E-state index contributed by atoms with van der Waals surface area (Å²) in [4.78, 5) is 15.1. The highest BCUT2D eigenvalue weighted by Crippen LogP contribution is 2.27. The fourth-order valence-electron chi connectivity index (χ4n) is 3.33. The van der Waals surface area contributed by atoms with Gasteiger partial charge in [-0.25, -0.2) is 0 Å². The van der Waals surface area contributed by atoms with Crippen LogP contribution in [0.4, 0.5) is 0 Å². The Labute approximate surface area is 153 Å². The van der Waals surface area contributed by atoms with Crippen LogP contribution in [0.5, 0.6) is 11.5 Å².